The topological polar surface area (TPSA) is 19.4 Å². The first-order chi connectivity index (χ1) is 72.5. The molecule has 0 spiro atoms. The minimum absolute atomic E-state index is 0.0819. The SMILES string of the molecule is CC(C)c1ccc(-c2ccc(N3c4ccc(-c5ccc(C(C)C)cc5)cc4B4c5ccccc5N(c5ccc(C(C)C)cc5)c5cccc3c54)cc2)cc1.Cc1ccc(-c2ccc(N3c4ccc(-c5ccc(C)cc5)cc4B4c5ccccc5N(c5ccc(C)cc5)c5cccc3c54)cc2)cc1.Cc1ccc(-c2ccc3c(c2)B2c4ccccc4N(c4ccccc4)c4cccc(c42)N3c2ccc(-c3ccccc3)cc2)cc1. The summed E-state index contributed by atoms with van der Waals surface area (Å²) in [4.78, 5) is 14.8. The van der Waals surface area contributed by atoms with E-state index in [9.17, 15) is 0 Å². The predicted molar refractivity (Wildman–Crippen MR) is 635 cm³/mol. The molecular weight excluding hydrogens is 1790 g/mol. The van der Waals surface area contributed by atoms with Crippen LogP contribution in [0.5, 0.6) is 0 Å². The number of para-hydroxylation sites is 4. The average Bonchev–Trinajstić information content (AvgIpc) is 0.705. The molecule has 0 radical (unpaired) electrons. The Bertz CT molecular complexity index is 8570. The Balaban J connectivity index is 0.000000116. The Morgan fingerprint density at radius 2 is 0.318 bits per heavy atom. The van der Waals surface area contributed by atoms with Crippen molar-refractivity contribution < 1.29 is 0 Å². The van der Waals surface area contributed by atoms with E-state index in [2.05, 4.69) is 584 Å². The van der Waals surface area contributed by atoms with Crippen LogP contribution in [0.1, 0.15) is 98.2 Å². The predicted octanol–water partition coefficient (Wildman–Crippen LogP) is 31.9. The van der Waals surface area contributed by atoms with Gasteiger partial charge in [-0.15, -0.1) is 0 Å². The Morgan fingerprint density at radius 3 is 0.588 bits per heavy atom. The van der Waals surface area contributed by atoms with Crippen LogP contribution in [0.25, 0.3) is 66.8 Å². The molecular formula is C139H113B3N6. The van der Waals surface area contributed by atoms with Gasteiger partial charge in [0, 0.05) is 102 Å². The molecule has 708 valence electrons. The summed E-state index contributed by atoms with van der Waals surface area (Å²) in [6.45, 7) is 22.4. The van der Waals surface area contributed by atoms with Crippen molar-refractivity contribution in [1.82, 2.24) is 0 Å². The largest absolute Gasteiger partial charge is 0.311 e. The molecule has 0 unspecified atom stereocenters. The molecule has 0 saturated heterocycles. The molecule has 6 heterocycles. The Kier molecular flexibility index (Phi) is 23.8. The van der Waals surface area contributed by atoms with Crippen molar-refractivity contribution in [2.45, 2.75) is 87.0 Å². The van der Waals surface area contributed by atoms with E-state index in [1.165, 1.54) is 240 Å². The molecule has 6 aliphatic rings. The molecule has 21 aromatic rings. The summed E-state index contributed by atoms with van der Waals surface area (Å²) in [6, 6.07) is 180. The third-order valence-corrected chi connectivity index (χ3v) is 31.3. The normalized spacial score (nSPS) is 12.9. The van der Waals surface area contributed by atoms with Crippen molar-refractivity contribution in [3.05, 3.63) is 524 Å². The van der Waals surface area contributed by atoms with Crippen LogP contribution >= 0.6 is 0 Å². The zero-order valence-electron chi connectivity index (χ0n) is 85.3. The minimum atomic E-state index is 0.0819. The highest BCUT2D eigenvalue weighted by Gasteiger charge is 2.48. The lowest BCUT2D eigenvalue weighted by molar-refractivity contribution is 0.866. The Labute approximate surface area is 872 Å². The van der Waals surface area contributed by atoms with Gasteiger partial charge in [0.05, 0.1) is 0 Å². The highest BCUT2D eigenvalue weighted by Crippen LogP contribution is 2.51. The molecule has 9 heteroatoms. The van der Waals surface area contributed by atoms with Gasteiger partial charge in [-0.2, -0.15) is 0 Å². The zero-order valence-corrected chi connectivity index (χ0v) is 85.3. The molecule has 0 atom stereocenters. The fraction of sp³-hybridized carbons (Fsp3) is 0.0935. The third-order valence-electron chi connectivity index (χ3n) is 31.3. The fourth-order valence-corrected chi connectivity index (χ4v) is 23.6. The molecule has 0 aliphatic carbocycles. The lowest BCUT2D eigenvalue weighted by Gasteiger charge is -2.44. The molecule has 148 heavy (non-hydrogen) atoms. The van der Waals surface area contributed by atoms with Gasteiger partial charge < -0.3 is 29.4 Å². The standard InChI is InChI=1S/C51H47BN2.C45H35BN2.C43H31BN2/c1-33(2)36-14-18-39(19-15-36)40-24-29-44(30-25-40)54-48-31-26-42(41-20-16-37(17-21-41)34(3)4)32-46(48)52-45-10-7-8-11-47(45)53(49-12-9-13-50(54)51(49)52)43-27-22-38(23-28-43)35(5)6;1-30-11-17-33(18-12-30)34-21-26-38(27-22-34)48-42-28-23-36(35-19-13-31(2)14-20-35)29-40(42)46-39-7-4-5-8-41(39)47(37-24-15-32(3)16-25-37)43-9-6-10-44(48)45(43)46;1-30-19-21-33(22-20-30)34-25-28-40-38(29-34)44-37-15-8-9-16-39(37)45(35-13-6-3-7-14-35)41-17-10-18-42(43(41)44)46(40)36-26-23-32(24-27-36)31-11-4-2-5-12-31/h7-35H,1-6H3;4-29H,1-3H3;2-29H,1H3. The van der Waals surface area contributed by atoms with Gasteiger partial charge in [0.1, 0.15) is 0 Å². The van der Waals surface area contributed by atoms with E-state index in [1.807, 2.05) is 0 Å². The molecule has 27 rings (SSSR count). The van der Waals surface area contributed by atoms with Gasteiger partial charge in [-0.3, -0.25) is 0 Å². The van der Waals surface area contributed by atoms with E-state index in [1.54, 1.807) is 0 Å². The van der Waals surface area contributed by atoms with Crippen LogP contribution < -0.4 is 78.6 Å². The van der Waals surface area contributed by atoms with E-state index in [0.29, 0.717) is 17.8 Å². The van der Waals surface area contributed by atoms with Gasteiger partial charge in [0.25, 0.3) is 20.1 Å². The Morgan fingerprint density at radius 1 is 0.142 bits per heavy atom. The van der Waals surface area contributed by atoms with Crippen molar-refractivity contribution in [1.29, 1.82) is 0 Å². The lowest BCUT2D eigenvalue weighted by atomic mass is 9.33. The maximum Gasteiger partial charge on any atom is 0.252 e. The van der Waals surface area contributed by atoms with Gasteiger partial charge in [-0.1, -0.05) is 404 Å². The molecule has 21 aromatic carbocycles. The number of aryl methyl sites for hydroxylation is 4. The summed E-state index contributed by atoms with van der Waals surface area (Å²) in [7, 11) is 0. The molecule has 6 nitrogen and oxygen atoms in total. The van der Waals surface area contributed by atoms with Crippen LogP contribution in [0.2, 0.25) is 0 Å². The second kappa shape index (κ2) is 38.3. The molecule has 0 N–H and O–H groups in total. The van der Waals surface area contributed by atoms with Crippen molar-refractivity contribution >= 4 is 172 Å². The summed E-state index contributed by atoms with van der Waals surface area (Å²) in [6.07, 6.45) is 0. The lowest BCUT2D eigenvalue weighted by Crippen LogP contribution is -2.61. The number of benzene rings is 21. The number of anilines is 18. The van der Waals surface area contributed by atoms with Crippen molar-refractivity contribution in [2.75, 3.05) is 29.4 Å². The van der Waals surface area contributed by atoms with Crippen LogP contribution in [0, 0.1) is 27.7 Å². The van der Waals surface area contributed by atoms with E-state index < -0.39 is 0 Å². The van der Waals surface area contributed by atoms with Gasteiger partial charge in [0.2, 0.25) is 0 Å². The summed E-state index contributed by atoms with van der Waals surface area (Å²) in [5, 5.41) is 0. The van der Waals surface area contributed by atoms with Gasteiger partial charge in [0.15, 0.2) is 0 Å². The first kappa shape index (κ1) is 91.8. The molecule has 0 aromatic heterocycles. The van der Waals surface area contributed by atoms with Crippen molar-refractivity contribution in [3.63, 3.8) is 0 Å². The molecule has 0 saturated carbocycles. The quantitative estimate of drug-likeness (QED) is 0.0946. The minimum Gasteiger partial charge on any atom is -0.311 e. The first-order valence-electron chi connectivity index (χ1n) is 52.4. The number of nitrogens with zero attached hydrogens (tertiary/aromatic N) is 6. The second-order valence-corrected chi connectivity index (χ2v) is 41.5. The number of fused-ring (bicyclic) bond motifs is 12. The summed E-state index contributed by atoms with van der Waals surface area (Å²) in [5.41, 5.74) is 57.7. The molecule has 0 amide bonds. The second-order valence-electron chi connectivity index (χ2n) is 41.5. The van der Waals surface area contributed by atoms with Crippen LogP contribution in [0.15, 0.2) is 485 Å². The third kappa shape index (κ3) is 16.5. The van der Waals surface area contributed by atoms with E-state index in [-0.39, 0.29) is 20.1 Å². The molecule has 0 fully saturated rings. The molecule has 0 bridgehead atoms. The fourth-order valence-electron chi connectivity index (χ4n) is 23.6. The van der Waals surface area contributed by atoms with E-state index >= 15 is 0 Å². The summed E-state index contributed by atoms with van der Waals surface area (Å²) in [5.74, 6) is 1.50. The van der Waals surface area contributed by atoms with E-state index in [4.69, 9.17) is 0 Å². The van der Waals surface area contributed by atoms with Gasteiger partial charge in [-0.25, -0.2) is 0 Å². The number of hydrogen-bond acceptors (Lipinski definition) is 6. The Hall–Kier alpha value is -17.4. The maximum absolute atomic E-state index is 2.50. The van der Waals surface area contributed by atoms with Gasteiger partial charge in [-0.05, 0) is 324 Å². The van der Waals surface area contributed by atoms with Crippen LogP contribution in [-0.4, -0.2) is 20.1 Å². The average molecular weight is 1900 g/mol. The monoisotopic (exact) mass is 1900 g/mol. The summed E-state index contributed by atoms with van der Waals surface area (Å²) < 4.78 is 0. The molecule has 6 aliphatic heterocycles. The zero-order chi connectivity index (χ0) is 100. The van der Waals surface area contributed by atoms with Gasteiger partial charge >= 0.3 is 0 Å². The van der Waals surface area contributed by atoms with Crippen molar-refractivity contribution in [2.24, 2.45) is 0 Å². The number of rotatable bonds is 15. The van der Waals surface area contributed by atoms with Crippen LogP contribution in [0.4, 0.5) is 102 Å². The van der Waals surface area contributed by atoms with Crippen molar-refractivity contribution in [3.8, 4) is 66.8 Å². The highest BCUT2D eigenvalue weighted by atomic mass is 15.2. The van der Waals surface area contributed by atoms with Crippen LogP contribution in [-0.2, 0) is 0 Å². The van der Waals surface area contributed by atoms with E-state index in [0.717, 1.165) is 17.1 Å². The summed E-state index contributed by atoms with van der Waals surface area (Å²) >= 11 is 0. The number of hydrogen-bond donors (Lipinski definition) is 0. The van der Waals surface area contributed by atoms with Crippen LogP contribution in [0.3, 0.4) is 0 Å². The highest BCUT2D eigenvalue weighted by molar-refractivity contribution is 7.02. The first-order valence-corrected chi connectivity index (χ1v) is 52.4. The maximum atomic E-state index is 2.50. The smallest absolute Gasteiger partial charge is 0.252 e.